The number of allylic oxidation sites excluding steroid dienone is 1. The van der Waals surface area contributed by atoms with Crippen molar-refractivity contribution in [3.05, 3.63) is 101 Å². The second-order valence-corrected chi connectivity index (χ2v) is 9.40. The predicted molar refractivity (Wildman–Crippen MR) is 139 cm³/mol. The summed E-state index contributed by atoms with van der Waals surface area (Å²) in [7, 11) is -4.14. The lowest BCUT2D eigenvalue weighted by Gasteiger charge is -2.16. The third-order valence-electron chi connectivity index (χ3n) is 4.82. The van der Waals surface area contributed by atoms with Crippen molar-refractivity contribution in [2.75, 3.05) is 11.9 Å². The van der Waals surface area contributed by atoms with Crippen molar-refractivity contribution in [1.82, 2.24) is 0 Å². The maximum Gasteiger partial charge on any atom is 0.339 e. The van der Waals surface area contributed by atoms with Crippen molar-refractivity contribution in [1.29, 1.82) is 5.26 Å². The lowest BCUT2D eigenvalue weighted by molar-refractivity contribution is -0.112. The van der Waals surface area contributed by atoms with Crippen molar-refractivity contribution in [2.24, 2.45) is 0 Å². The molecule has 0 saturated heterocycles. The van der Waals surface area contributed by atoms with Crippen LogP contribution >= 0.6 is 11.6 Å². The van der Waals surface area contributed by atoms with Crippen LogP contribution in [-0.2, 0) is 21.3 Å². The van der Waals surface area contributed by atoms with Gasteiger partial charge in [-0.05, 0) is 73.5 Å². The van der Waals surface area contributed by atoms with E-state index in [9.17, 15) is 18.5 Å². The van der Waals surface area contributed by atoms with Crippen LogP contribution < -0.4 is 14.2 Å². The maximum absolute atomic E-state index is 12.9. The third-order valence-corrected chi connectivity index (χ3v) is 6.31. The topological polar surface area (TPSA) is 105 Å². The van der Waals surface area contributed by atoms with Crippen LogP contribution in [0.2, 0.25) is 5.02 Å². The molecule has 7 nitrogen and oxygen atoms in total. The summed E-state index contributed by atoms with van der Waals surface area (Å²) in [6.45, 7) is 5.70. The van der Waals surface area contributed by atoms with Crippen LogP contribution in [0, 0.1) is 11.3 Å². The minimum absolute atomic E-state index is 0.00777. The van der Waals surface area contributed by atoms with Gasteiger partial charge >= 0.3 is 10.1 Å². The molecule has 9 heteroatoms. The third kappa shape index (κ3) is 6.75. The van der Waals surface area contributed by atoms with Gasteiger partial charge in [0.15, 0.2) is 11.5 Å². The Morgan fingerprint density at radius 3 is 2.44 bits per heavy atom. The van der Waals surface area contributed by atoms with Crippen LogP contribution in [0.25, 0.3) is 6.08 Å². The molecule has 0 bridgehead atoms. The zero-order valence-corrected chi connectivity index (χ0v) is 21.0. The highest BCUT2D eigenvalue weighted by atomic mass is 35.5. The number of anilines is 1. The number of nitriles is 1. The summed E-state index contributed by atoms with van der Waals surface area (Å²) < 4.78 is 37.0. The van der Waals surface area contributed by atoms with Crippen molar-refractivity contribution < 1.29 is 22.1 Å². The van der Waals surface area contributed by atoms with Gasteiger partial charge in [0.25, 0.3) is 5.91 Å². The normalized spacial score (nSPS) is 11.3. The number of hydrogen-bond acceptors (Lipinski definition) is 6. The molecule has 0 heterocycles. The summed E-state index contributed by atoms with van der Waals surface area (Å²) in [5.41, 5.74) is 1.21. The summed E-state index contributed by atoms with van der Waals surface area (Å²) >= 11 is 5.87. The number of ether oxygens (including phenoxy) is 1. The van der Waals surface area contributed by atoms with Gasteiger partial charge < -0.3 is 14.2 Å². The summed E-state index contributed by atoms with van der Waals surface area (Å²) in [5, 5.41) is 12.8. The molecule has 3 aromatic rings. The molecule has 0 aliphatic rings. The Balaban J connectivity index is 2.01. The van der Waals surface area contributed by atoms with E-state index in [1.165, 1.54) is 24.3 Å². The van der Waals surface area contributed by atoms with E-state index in [1.54, 1.807) is 61.5 Å². The molecule has 184 valence electrons. The summed E-state index contributed by atoms with van der Waals surface area (Å²) in [6, 6.07) is 19.2. The zero-order valence-electron chi connectivity index (χ0n) is 19.4. The number of benzene rings is 3. The van der Waals surface area contributed by atoms with Gasteiger partial charge in [-0.15, -0.1) is 6.58 Å². The number of rotatable bonds is 10. The van der Waals surface area contributed by atoms with Gasteiger partial charge in [0.05, 0.1) is 6.61 Å². The smallest absolute Gasteiger partial charge is 0.339 e. The molecule has 0 saturated carbocycles. The first kappa shape index (κ1) is 26.5. The van der Waals surface area contributed by atoms with E-state index in [0.29, 0.717) is 21.8 Å². The van der Waals surface area contributed by atoms with Gasteiger partial charge in [-0.2, -0.15) is 13.7 Å². The van der Waals surface area contributed by atoms with E-state index >= 15 is 0 Å². The molecule has 3 aromatic carbocycles. The second-order valence-electron chi connectivity index (χ2n) is 7.41. The molecule has 0 atom stereocenters. The minimum Gasteiger partial charge on any atom is -0.490 e. The van der Waals surface area contributed by atoms with Gasteiger partial charge in [-0.25, -0.2) is 0 Å². The van der Waals surface area contributed by atoms with Gasteiger partial charge in [0, 0.05) is 16.3 Å². The quantitative estimate of drug-likeness (QED) is 0.156. The van der Waals surface area contributed by atoms with Gasteiger partial charge in [0.2, 0.25) is 0 Å². The lowest BCUT2D eigenvalue weighted by Crippen LogP contribution is -2.14. The number of nitrogens with zero attached hydrogens (tertiary/aromatic N) is 1. The van der Waals surface area contributed by atoms with Crippen LogP contribution in [0.1, 0.15) is 18.1 Å². The molecule has 36 heavy (non-hydrogen) atoms. The van der Waals surface area contributed by atoms with E-state index in [0.717, 1.165) is 0 Å². The van der Waals surface area contributed by atoms with Gasteiger partial charge in [-0.1, -0.05) is 35.9 Å². The molecule has 0 aliphatic carbocycles. The fraction of sp³-hybridized carbons (Fsp3) is 0.111. The van der Waals surface area contributed by atoms with E-state index < -0.39 is 16.0 Å². The average Bonchev–Trinajstić information content (AvgIpc) is 2.86. The van der Waals surface area contributed by atoms with Crippen LogP contribution in [-0.4, -0.2) is 20.9 Å². The van der Waals surface area contributed by atoms with E-state index in [1.807, 2.05) is 6.07 Å². The van der Waals surface area contributed by atoms with Crippen molar-refractivity contribution in [2.45, 2.75) is 18.2 Å². The summed E-state index contributed by atoms with van der Waals surface area (Å²) in [5.74, 6) is -0.449. The van der Waals surface area contributed by atoms with Crippen LogP contribution in [0.4, 0.5) is 5.69 Å². The van der Waals surface area contributed by atoms with E-state index in [2.05, 4.69) is 11.9 Å². The Labute approximate surface area is 215 Å². The molecule has 0 unspecified atom stereocenters. The summed E-state index contributed by atoms with van der Waals surface area (Å²) in [4.78, 5) is 12.7. The fourth-order valence-corrected chi connectivity index (χ4v) is 4.34. The first-order chi connectivity index (χ1) is 17.3. The molecule has 0 fully saturated rings. The highest BCUT2D eigenvalue weighted by Gasteiger charge is 2.22. The zero-order chi connectivity index (χ0) is 26.1. The Bertz CT molecular complexity index is 1430. The molecule has 1 amide bonds. The highest BCUT2D eigenvalue weighted by Crippen LogP contribution is 2.36. The van der Waals surface area contributed by atoms with E-state index in [-0.39, 0.29) is 35.0 Å². The highest BCUT2D eigenvalue weighted by molar-refractivity contribution is 7.87. The largest absolute Gasteiger partial charge is 0.490 e. The Kier molecular flexibility index (Phi) is 8.90. The molecule has 1 N–H and O–H groups in total. The molecular formula is C27H23ClN2O5S. The van der Waals surface area contributed by atoms with Crippen LogP contribution in [0.15, 0.2) is 89.9 Å². The first-order valence-electron chi connectivity index (χ1n) is 10.9. The van der Waals surface area contributed by atoms with Crippen molar-refractivity contribution >= 4 is 39.4 Å². The minimum atomic E-state index is -4.14. The van der Waals surface area contributed by atoms with Crippen LogP contribution in [0.3, 0.4) is 0 Å². The van der Waals surface area contributed by atoms with Crippen LogP contribution in [0.5, 0.6) is 11.5 Å². The molecule has 0 aromatic heterocycles. The van der Waals surface area contributed by atoms with Crippen molar-refractivity contribution in [3.63, 3.8) is 0 Å². The predicted octanol–water partition coefficient (Wildman–Crippen LogP) is 5.78. The monoisotopic (exact) mass is 522 g/mol. The maximum atomic E-state index is 12.9. The Morgan fingerprint density at radius 2 is 1.83 bits per heavy atom. The molecule has 0 radical (unpaired) electrons. The van der Waals surface area contributed by atoms with Crippen molar-refractivity contribution in [3.8, 4) is 17.6 Å². The Morgan fingerprint density at radius 1 is 1.14 bits per heavy atom. The SMILES string of the molecule is C=CCc1cc(/C=C(\C#N)C(=O)Nc2ccc(Cl)cc2)cc(OCC)c1OS(=O)(=O)c1ccccc1. The molecule has 0 spiro atoms. The number of nitrogens with one attached hydrogen (secondary N) is 1. The molecule has 3 rings (SSSR count). The lowest BCUT2D eigenvalue weighted by atomic mass is 10.0. The molecule has 0 aliphatic heterocycles. The first-order valence-corrected chi connectivity index (χ1v) is 12.6. The van der Waals surface area contributed by atoms with E-state index in [4.69, 9.17) is 20.5 Å². The number of carbonyl (C=O) groups excluding carboxylic acids is 1. The standard InChI is InChI=1S/C27H23ClN2O5S/c1-3-8-20-15-19(16-21(18-29)27(31)30-23-13-11-22(28)12-14-23)17-25(34-4-2)26(20)35-36(32,33)24-9-6-5-7-10-24/h3,5-7,9-17H,1,4,8H2,2H3,(H,30,31)/b21-16+. The Hall–Kier alpha value is -4.06. The van der Waals surface area contributed by atoms with Gasteiger partial charge in [0.1, 0.15) is 16.5 Å². The second kappa shape index (κ2) is 12.1. The fourth-order valence-electron chi connectivity index (χ4n) is 3.22. The average molecular weight is 523 g/mol. The number of amides is 1. The summed E-state index contributed by atoms with van der Waals surface area (Å²) in [6.07, 6.45) is 3.22. The number of halogens is 1. The molecular weight excluding hydrogens is 500 g/mol. The van der Waals surface area contributed by atoms with Gasteiger partial charge in [-0.3, -0.25) is 4.79 Å². The number of hydrogen-bond donors (Lipinski definition) is 1. The number of carbonyl (C=O) groups is 1.